The second-order valence-corrected chi connectivity index (χ2v) is 7.05. The van der Waals surface area contributed by atoms with Crippen LogP contribution < -0.4 is 10.9 Å². The van der Waals surface area contributed by atoms with Gasteiger partial charge in [0.1, 0.15) is 11.9 Å². The van der Waals surface area contributed by atoms with Gasteiger partial charge in [0.2, 0.25) is 0 Å². The number of nitrogens with zero attached hydrogens (tertiary/aromatic N) is 1. The van der Waals surface area contributed by atoms with E-state index in [-0.39, 0.29) is 16.1 Å². The summed E-state index contributed by atoms with van der Waals surface area (Å²) in [5.74, 6) is -2.50. The molecule has 3 amide bonds. The molecule has 3 rings (SSSR count). The molecule has 9 heteroatoms. The Labute approximate surface area is 170 Å². The lowest BCUT2D eigenvalue weighted by molar-refractivity contribution is -0.125. The van der Waals surface area contributed by atoms with E-state index >= 15 is 0 Å². The second kappa shape index (κ2) is 8.58. The highest BCUT2D eigenvalue weighted by Gasteiger charge is 2.35. The van der Waals surface area contributed by atoms with Crippen molar-refractivity contribution in [2.24, 2.45) is 0 Å². The van der Waals surface area contributed by atoms with E-state index in [1.54, 1.807) is 6.07 Å². The first-order chi connectivity index (χ1) is 13.4. The molecule has 0 aliphatic carbocycles. The van der Waals surface area contributed by atoms with Gasteiger partial charge in [-0.3, -0.25) is 25.2 Å². The first kappa shape index (κ1) is 20.1. The predicted octanol–water partition coefficient (Wildman–Crippen LogP) is 3.20. The van der Waals surface area contributed by atoms with Gasteiger partial charge in [0, 0.05) is 11.6 Å². The maximum atomic E-state index is 13.6. The molecule has 1 atom stereocenters. The number of amides is 3. The van der Waals surface area contributed by atoms with Crippen LogP contribution in [0.3, 0.4) is 0 Å². The summed E-state index contributed by atoms with van der Waals surface area (Å²) in [5.41, 5.74) is 4.42. The third-order valence-electron chi connectivity index (χ3n) is 4.39. The van der Waals surface area contributed by atoms with Gasteiger partial charge in [-0.05, 0) is 43.2 Å². The number of hydrogen-bond acceptors (Lipinski definition) is 3. The largest absolute Gasteiger partial charge is 0.327 e. The van der Waals surface area contributed by atoms with Crippen molar-refractivity contribution in [2.75, 3.05) is 6.54 Å². The fraction of sp³-hybridized carbons (Fsp3) is 0.211. The quantitative estimate of drug-likeness (QED) is 0.743. The number of likely N-dealkylation sites (tertiary alicyclic amines) is 1. The van der Waals surface area contributed by atoms with Crippen LogP contribution in [0.1, 0.15) is 33.6 Å². The SMILES string of the molecule is O=C(NNC(=O)C1CCCN1C(=O)c1cc(Cl)ccc1Cl)c1ccccc1F. The Morgan fingerprint density at radius 2 is 1.79 bits per heavy atom. The molecule has 146 valence electrons. The van der Waals surface area contributed by atoms with Crippen LogP contribution in [-0.4, -0.2) is 35.2 Å². The van der Waals surface area contributed by atoms with E-state index in [1.165, 1.54) is 35.2 Å². The predicted molar refractivity (Wildman–Crippen MR) is 103 cm³/mol. The molecule has 1 aliphatic rings. The minimum atomic E-state index is -0.791. The fourth-order valence-electron chi connectivity index (χ4n) is 3.01. The van der Waals surface area contributed by atoms with E-state index in [4.69, 9.17) is 23.2 Å². The maximum Gasteiger partial charge on any atom is 0.272 e. The molecule has 2 aromatic carbocycles. The summed E-state index contributed by atoms with van der Waals surface area (Å²) >= 11 is 12.0. The van der Waals surface area contributed by atoms with Crippen molar-refractivity contribution < 1.29 is 18.8 Å². The number of rotatable bonds is 3. The molecule has 0 radical (unpaired) electrons. The maximum absolute atomic E-state index is 13.6. The summed E-state index contributed by atoms with van der Waals surface area (Å²) in [7, 11) is 0. The average Bonchev–Trinajstić information content (AvgIpc) is 3.17. The molecule has 1 aliphatic heterocycles. The smallest absolute Gasteiger partial charge is 0.272 e. The van der Waals surface area contributed by atoms with Crippen molar-refractivity contribution in [1.82, 2.24) is 15.8 Å². The molecule has 6 nitrogen and oxygen atoms in total. The van der Waals surface area contributed by atoms with Gasteiger partial charge in [0.05, 0.1) is 16.1 Å². The van der Waals surface area contributed by atoms with Gasteiger partial charge in [0.15, 0.2) is 0 Å². The first-order valence-electron chi connectivity index (χ1n) is 8.49. The highest BCUT2D eigenvalue weighted by molar-refractivity contribution is 6.35. The first-order valence-corrected chi connectivity index (χ1v) is 9.25. The van der Waals surface area contributed by atoms with Gasteiger partial charge >= 0.3 is 0 Å². The summed E-state index contributed by atoms with van der Waals surface area (Å²) in [6.07, 6.45) is 1.04. The average molecular weight is 424 g/mol. The third kappa shape index (κ3) is 4.26. The topological polar surface area (TPSA) is 78.5 Å². The molecule has 2 N–H and O–H groups in total. The Kier molecular flexibility index (Phi) is 6.16. The molecular formula is C19H16Cl2FN3O3. The number of hydrogen-bond donors (Lipinski definition) is 2. The minimum Gasteiger partial charge on any atom is -0.327 e. The van der Waals surface area contributed by atoms with Crippen LogP contribution in [0.4, 0.5) is 4.39 Å². The van der Waals surface area contributed by atoms with E-state index < -0.39 is 29.6 Å². The summed E-state index contributed by atoms with van der Waals surface area (Å²) in [6, 6.07) is 9.12. The standard InChI is InChI=1S/C19H16Cl2FN3O3/c20-11-7-8-14(21)13(10-11)19(28)25-9-3-6-16(25)18(27)24-23-17(26)12-4-1-2-5-15(12)22/h1-2,4-5,7-8,10,16H,3,6,9H2,(H,23,26)(H,24,27). The molecular weight excluding hydrogens is 408 g/mol. The van der Waals surface area contributed by atoms with Gasteiger partial charge in [-0.1, -0.05) is 35.3 Å². The highest BCUT2D eigenvalue weighted by atomic mass is 35.5. The van der Waals surface area contributed by atoms with E-state index in [0.29, 0.717) is 24.4 Å². The molecule has 1 heterocycles. The van der Waals surface area contributed by atoms with Crippen LogP contribution in [-0.2, 0) is 4.79 Å². The van der Waals surface area contributed by atoms with Crippen LogP contribution in [0, 0.1) is 5.82 Å². The lowest BCUT2D eigenvalue weighted by Crippen LogP contribution is -2.51. The third-order valence-corrected chi connectivity index (χ3v) is 4.96. The van der Waals surface area contributed by atoms with E-state index in [2.05, 4.69) is 10.9 Å². The van der Waals surface area contributed by atoms with Crippen molar-refractivity contribution >= 4 is 40.9 Å². The summed E-state index contributed by atoms with van der Waals surface area (Å²) < 4.78 is 13.6. The molecule has 1 saturated heterocycles. The molecule has 0 bridgehead atoms. The molecule has 28 heavy (non-hydrogen) atoms. The highest BCUT2D eigenvalue weighted by Crippen LogP contribution is 2.26. The zero-order chi connectivity index (χ0) is 20.3. The summed E-state index contributed by atoms with van der Waals surface area (Å²) in [4.78, 5) is 38.7. The molecule has 0 spiro atoms. The Bertz CT molecular complexity index is 938. The van der Waals surface area contributed by atoms with Crippen molar-refractivity contribution in [3.8, 4) is 0 Å². The zero-order valence-corrected chi connectivity index (χ0v) is 16.1. The minimum absolute atomic E-state index is 0.198. The van der Waals surface area contributed by atoms with Crippen LogP contribution in [0.5, 0.6) is 0 Å². The Hall–Kier alpha value is -2.64. The van der Waals surface area contributed by atoms with Crippen LogP contribution in [0.2, 0.25) is 10.0 Å². The van der Waals surface area contributed by atoms with Gasteiger partial charge in [-0.15, -0.1) is 0 Å². The molecule has 2 aromatic rings. The number of nitrogens with one attached hydrogen (secondary N) is 2. The summed E-state index contributed by atoms with van der Waals surface area (Å²) in [5, 5.41) is 0.582. The molecule has 1 fully saturated rings. The van der Waals surface area contributed by atoms with Crippen LogP contribution in [0.15, 0.2) is 42.5 Å². The van der Waals surface area contributed by atoms with Crippen molar-refractivity contribution in [3.63, 3.8) is 0 Å². The number of carbonyl (C=O) groups is 3. The number of hydrazine groups is 1. The Balaban J connectivity index is 1.68. The van der Waals surface area contributed by atoms with E-state index in [9.17, 15) is 18.8 Å². The van der Waals surface area contributed by atoms with Gasteiger partial charge in [-0.2, -0.15) is 0 Å². The number of benzene rings is 2. The zero-order valence-electron chi connectivity index (χ0n) is 14.5. The Morgan fingerprint density at radius 1 is 1.04 bits per heavy atom. The summed E-state index contributed by atoms with van der Waals surface area (Å²) in [6.45, 7) is 0.362. The monoisotopic (exact) mass is 423 g/mol. The van der Waals surface area contributed by atoms with Crippen molar-refractivity contribution in [2.45, 2.75) is 18.9 Å². The molecule has 0 saturated carbocycles. The van der Waals surface area contributed by atoms with E-state index in [0.717, 1.165) is 6.07 Å². The lowest BCUT2D eigenvalue weighted by Gasteiger charge is -2.24. The Morgan fingerprint density at radius 3 is 2.54 bits per heavy atom. The lowest BCUT2D eigenvalue weighted by atomic mass is 10.1. The number of carbonyl (C=O) groups excluding carboxylic acids is 3. The molecule has 0 aromatic heterocycles. The van der Waals surface area contributed by atoms with Crippen LogP contribution >= 0.6 is 23.2 Å². The van der Waals surface area contributed by atoms with Crippen molar-refractivity contribution in [1.29, 1.82) is 0 Å². The van der Waals surface area contributed by atoms with Gasteiger partial charge in [-0.25, -0.2) is 4.39 Å². The van der Waals surface area contributed by atoms with Gasteiger partial charge in [0.25, 0.3) is 17.7 Å². The fourth-order valence-corrected chi connectivity index (χ4v) is 3.38. The van der Waals surface area contributed by atoms with Crippen molar-refractivity contribution in [3.05, 3.63) is 69.5 Å². The second-order valence-electron chi connectivity index (χ2n) is 6.20. The van der Waals surface area contributed by atoms with Gasteiger partial charge < -0.3 is 4.90 Å². The number of halogens is 3. The molecule has 1 unspecified atom stereocenters. The van der Waals surface area contributed by atoms with E-state index in [1.807, 2.05) is 0 Å². The normalized spacial score (nSPS) is 16.0. The van der Waals surface area contributed by atoms with Crippen LogP contribution in [0.25, 0.3) is 0 Å².